The van der Waals surface area contributed by atoms with Crippen LogP contribution in [0, 0.1) is 5.41 Å². The second-order valence-corrected chi connectivity index (χ2v) is 3.93. The normalized spacial score (nSPS) is 11.1. The quantitative estimate of drug-likeness (QED) is 0.605. The number of hydrogen-bond acceptors (Lipinski definition) is 2. The lowest BCUT2D eigenvalue weighted by Gasteiger charge is -1.96. The predicted octanol–water partition coefficient (Wildman–Crippen LogP) is 3.97. The number of furan rings is 1. The highest BCUT2D eigenvalue weighted by atomic mass is 16.3. The summed E-state index contributed by atoms with van der Waals surface area (Å²) in [6, 6.07) is 13.9. The molecular formula is C14H11NO. The van der Waals surface area contributed by atoms with Crippen molar-refractivity contribution in [1.82, 2.24) is 0 Å². The van der Waals surface area contributed by atoms with Crippen LogP contribution in [0.5, 0.6) is 0 Å². The van der Waals surface area contributed by atoms with Crippen LogP contribution in [0.15, 0.2) is 46.9 Å². The lowest BCUT2D eigenvalue weighted by Crippen LogP contribution is -1.89. The van der Waals surface area contributed by atoms with Gasteiger partial charge in [0.2, 0.25) is 0 Å². The molecule has 0 saturated heterocycles. The van der Waals surface area contributed by atoms with Crippen molar-refractivity contribution in [1.29, 1.82) is 5.41 Å². The summed E-state index contributed by atoms with van der Waals surface area (Å²) in [6.45, 7) is 1.80. The van der Waals surface area contributed by atoms with Gasteiger partial charge in [-0.2, -0.15) is 0 Å². The monoisotopic (exact) mass is 209 g/mol. The average Bonchev–Trinajstić information content (AvgIpc) is 2.66. The number of rotatable bonds is 1. The first-order chi connectivity index (χ1) is 7.75. The SMILES string of the molecule is CC(=N)c1ccc2oc3ccccc3c2c1. The van der Waals surface area contributed by atoms with Crippen molar-refractivity contribution in [3.8, 4) is 0 Å². The van der Waals surface area contributed by atoms with Gasteiger partial charge >= 0.3 is 0 Å². The molecule has 0 spiro atoms. The number of nitrogens with one attached hydrogen (secondary N) is 1. The number of hydrogen-bond donors (Lipinski definition) is 1. The summed E-state index contributed by atoms with van der Waals surface area (Å²) < 4.78 is 5.72. The molecule has 1 aromatic heterocycles. The molecule has 2 aromatic carbocycles. The second-order valence-electron chi connectivity index (χ2n) is 3.93. The van der Waals surface area contributed by atoms with E-state index in [2.05, 4.69) is 0 Å². The van der Waals surface area contributed by atoms with E-state index in [9.17, 15) is 0 Å². The van der Waals surface area contributed by atoms with Crippen LogP contribution in [0.25, 0.3) is 21.9 Å². The third-order valence-electron chi connectivity index (χ3n) is 2.81. The largest absolute Gasteiger partial charge is 0.456 e. The van der Waals surface area contributed by atoms with Crippen LogP contribution >= 0.6 is 0 Å². The third-order valence-corrected chi connectivity index (χ3v) is 2.81. The minimum atomic E-state index is 0.576. The van der Waals surface area contributed by atoms with Crippen LogP contribution in [0.2, 0.25) is 0 Å². The van der Waals surface area contributed by atoms with E-state index >= 15 is 0 Å². The lowest BCUT2D eigenvalue weighted by atomic mass is 10.1. The smallest absolute Gasteiger partial charge is 0.135 e. The van der Waals surface area contributed by atoms with Gasteiger partial charge in [0, 0.05) is 16.5 Å². The minimum Gasteiger partial charge on any atom is -0.456 e. The summed E-state index contributed by atoms with van der Waals surface area (Å²) in [5.74, 6) is 0. The number of benzene rings is 2. The van der Waals surface area contributed by atoms with Crippen LogP contribution < -0.4 is 0 Å². The van der Waals surface area contributed by atoms with Gasteiger partial charge in [0.15, 0.2) is 0 Å². The zero-order chi connectivity index (χ0) is 11.1. The second kappa shape index (κ2) is 3.20. The van der Waals surface area contributed by atoms with Gasteiger partial charge in [-0.25, -0.2) is 0 Å². The Morgan fingerprint density at radius 3 is 2.56 bits per heavy atom. The molecular weight excluding hydrogens is 198 g/mol. The molecule has 0 atom stereocenters. The zero-order valence-corrected chi connectivity index (χ0v) is 8.95. The lowest BCUT2D eigenvalue weighted by molar-refractivity contribution is 0.669. The molecule has 3 aromatic rings. The van der Waals surface area contributed by atoms with Crippen LogP contribution in [-0.2, 0) is 0 Å². The summed E-state index contributed by atoms with van der Waals surface area (Å²) in [4.78, 5) is 0. The van der Waals surface area contributed by atoms with Gasteiger partial charge in [0.25, 0.3) is 0 Å². The van der Waals surface area contributed by atoms with Gasteiger partial charge in [-0.3, -0.25) is 0 Å². The molecule has 0 aliphatic rings. The molecule has 0 aliphatic heterocycles. The van der Waals surface area contributed by atoms with Gasteiger partial charge in [0.1, 0.15) is 11.2 Å². The molecule has 0 radical (unpaired) electrons. The molecule has 1 N–H and O–H groups in total. The van der Waals surface area contributed by atoms with Crippen molar-refractivity contribution in [3.05, 3.63) is 48.0 Å². The standard InChI is InChI=1S/C14H11NO/c1-9(15)10-6-7-14-12(8-10)11-4-2-3-5-13(11)16-14/h2-8,15H,1H3. The first kappa shape index (κ1) is 9.16. The van der Waals surface area contributed by atoms with E-state index in [-0.39, 0.29) is 0 Å². The molecule has 0 amide bonds. The van der Waals surface area contributed by atoms with Crippen LogP contribution in [0.1, 0.15) is 12.5 Å². The Kier molecular flexibility index (Phi) is 1.83. The molecule has 2 heteroatoms. The highest BCUT2D eigenvalue weighted by molar-refractivity contribution is 6.08. The molecule has 2 nitrogen and oxygen atoms in total. The third kappa shape index (κ3) is 1.23. The Hall–Kier alpha value is -2.09. The summed E-state index contributed by atoms with van der Waals surface area (Å²) in [7, 11) is 0. The van der Waals surface area contributed by atoms with Crippen molar-refractivity contribution < 1.29 is 4.42 Å². The van der Waals surface area contributed by atoms with Gasteiger partial charge in [-0.15, -0.1) is 0 Å². The molecule has 0 unspecified atom stereocenters. The summed E-state index contributed by atoms with van der Waals surface area (Å²) in [5, 5.41) is 9.84. The van der Waals surface area contributed by atoms with E-state index < -0.39 is 0 Å². The van der Waals surface area contributed by atoms with Gasteiger partial charge < -0.3 is 9.83 Å². The average molecular weight is 209 g/mol. The number of para-hydroxylation sites is 1. The highest BCUT2D eigenvalue weighted by Crippen LogP contribution is 2.29. The molecule has 1 heterocycles. The maximum atomic E-state index is 7.64. The molecule has 0 saturated carbocycles. The van der Waals surface area contributed by atoms with Crippen molar-refractivity contribution in [2.24, 2.45) is 0 Å². The Morgan fingerprint density at radius 2 is 1.75 bits per heavy atom. The fourth-order valence-electron chi connectivity index (χ4n) is 1.96. The van der Waals surface area contributed by atoms with Crippen LogP contribution in [-0.4, -0.2) is 5.71 Å². The Morgan fingerprint density at radius 1 is 1.00 bits per heavy atom. The molecule has 0 bridgehead atoms. The van der Waals surface area contributed by atoms with E-state index in [1.807, 2.05) is 42.5 Å². The Balaban J connectivity index is 2.44. The zero-order valence-electron chi connectivity index (χ0n) is 8.95. The van der Waals surface area contributed by atoms with E-state index in [1.54, 1.807) is 6.92 Å². The molecule has 0 fully saturated rings. The van der Waals surface area contributed by atoms with Crippen LogP contribution in [0.4, 0.5) is 0 Å². The first-order valence-electron chi connectivity index (χ1n) is 5.22. The fourth-order valence-corrected chi connectivity index (χ4v) is 1.96. The Labute approximate surface area is 93.0 Å². The maximum absolute atomic E-state index is 7.64. The van der Waals surface area contributed by atoms with Crippen molar-refractivity contribution in [2.75, 3.05) is 0 Å². The Bertz CT molecular complexity index is 694. The summed E-state index contributed by atoms with van der Waals surface area (Å²) in [6.07, 6.45) is 0. The fraction of sp³-hybridized carbons (Fsp3) is 0.0714. The van der Waals surface area contributed by atoms with Gasteiger partial charge in [-0.05, 0) is 36.8 Å². The van der Waals surface area contributed by atoms with Gasteiger partial charge in [-0.1, -0.05) is 18.2 Å². The molecule has 16 heavy (non-hydrogen) atoms. The highest BCUT2D eigenvalue weighted by Gasteiger charge is 2.06. The first-order valence-corrected chi connectivity index (χ1v) is 5.22. The van der Waals surface area contributed by atoms with Crippen molar-refractivity contribution >= 4 is 27.7 Å². The number of fused-ring (bicyclic) bond motifs is 3. The molecule has 3 rings (SSSR count). The van der Waals surface area contributed by atoms with E-state index in [0.29, 0.717) is 5.71 Å². The van der Waals surface area contributed by atoms with Crippen LogP contribution in [0.3, 0.4) is 0 Å². The predicted molar refractivity (Wildman–Crippen MR) is 66.2 cm³/mol. The molecule has 78 valence electrons. The minimum absolute atomic E-state index is 0.576. The van der Waals surface area contributed by atoms with Crippen molar-refractivity contribution in [2.45, 2.75) is 6.92 Å². The summed E-state index contributed by atoms with van der Waals surface area (Å²) >= 11 is 0. The topological polar surface area (TPSA) is 37.0 Å². The van der Waals surface area contributed by atoms with E-state index in [0.717, 1.165) is 27.5 Å². The van der Waals surface area contributed by atoms with Crippen molar-refractivity contribution in [3.63, 3.8) is 0 Å². The maximum Gasteiger partial charge on any atom is 0.135 e. The molecule has 0 aliphatic carbocycles. The summed E-state index contributed by atoms with van der Waals surface area (Å²) in [5.41, 5.74) is 3.30. The van der Waals surface area contributed by atoms with E-state index in [4.69, 9.17) is 9.83 Å². The van der Waals surface area contributed by atoms with E-state index in [1.165, 1.54) is 0 Å². The van der Waals surface area contributed by atoms with Gasteiger partial charge in [0.05, 0.1) is 0 Å².